The van der Waals surface area contributed by atoms with Gasteiger partial charge in [0.15, 0.2) is 0 Å². The Balaban J connectivity index is 2.61. The summed E-state index contributed by atoms with van der Waals surface area (Å²) in [7, 11) is 1.56. The molecule has 0 radical (unpaired) electrons. The molecule has 0 unspecified atom stereocenters. The lowest BCUT2D eigenvalue weighted by atomic mass is 10.1. The molecule has 0 aliphatic carbocycles. The summed E-state index contributed by atoms with van der Waals surface area (Å²) >= 11 is 0. The van der Waals surface area contributed by atoms with Gasteiger partial charge >= 0.3 is 0 Å². The van der Waals surface area contributed by atoms with Crippen LogP contribution in [-0.2, 0) is 16.7 Å². The van der Waals surface area contributed by atoms with Gasteiger partial charge in [0.1, 0.15) is 0 Å². The highest BCUT2D eigenvalue weighted by atomic mass is 16.5. The second kappa shape index (κ2) is 4.72. The Morgan fingerprint density at radius 1 is 1.53 bits per heavy atom. The van der Waals surface area contributed by atoms with E-state index in [1.165, 1.54) is 0 Å². The zero-order chi connectivity index (χ0) is 11.5. The Hall–Kier alpha value is -0.940. The molecular weight excluding hydrogens is 194 g/mol. The van der Waals surface area contributed by atoms with Crippen molar-refractivity contribution in [3.8, 4) is 0 Å². The van der Waals surface area contributed by atoms with Gasteiger partial charge in [0.2, 0.25) is 0 Å². The van der Waals surface area contributed by atoms with E-state index in [1.807, 2.05) is 6.20 Å². The Morgan fingerprint density at radius 3 is 2.67 bits per heavy atom. The van der Waals surface area contributed by atoms with Gasteiger partial charge in [-0.25, -0.2) is 4.68 Å². The van der Waals surface area contributed by atoms with Gasteiger partial charge in [0, 0.05) is 19.7 Å². The first kappa shape index (κ1) is 12.1. The van der Waals surface area contributed by atoms with Crippen LogP contribution in [0.3, 0.4) is 0 Å². The molecule has 0 amide bonds. The Kier molecular flexibility index (Phi) is 3.82. The number of aliphatic hydroxyl groups is 1. The van der Waals surface area contributed by atoms with Gasteiger partial charge in [0.25, 0.3) is 0 Å². The number of ether oxygens (including phenoxy) is 1. The van der Waals surface area contributed by atoms with Crippen LogP contribution in [0.1, 0.15) is 26.5 Å². The van der Waals surface area contributed by atoms with Crippen LogP contribution in [0, 0.1) is 0 Å². The molecule has 0 aliphatic rings. The van der Waals surface area contributed by atoms with Gasteiger partial charge in [-0.15, -0.1) is 5.10 Å². The minimum Gasteiger partial charge on any atom is -0.390 e. The van der Waals surface area contributed by atoms with E-state index in [0.717, 1.165) is 5.69 Å². The smallest absolute Gasteiger partial charge is 0.0854 e. The molecule has 1 N–H and O–H groups in total. The molecule has 86 valence electrons. The van der Waals surface area contributed by atoms with Crippen molar-refractivity contribution >= 4 is 0 Å². The highest BCUT2D eigenvalue weighted by Gasteiger charge is 2.16. The third-order valence-electron chi connectivity index (χ3n) is 2.03. The second-order valence-corrected chi connectivity index (χ2v) is 4.64. The Labute approximate surface area is 90.1 Å². The maximum atomic E-state index is 9.51. The van der Waals surface area contributed by atoms with E-state index >= 15 is 0 Å². The van der Waals surface area contributed by atoms with Crippen LogP contribution in [0.15, 0.2) is 6.20 Å². The van der Waals surface area contributed by atoms with Gasteiger partial charge in [0.05, 0.1) is 23.9 Å². The molecule has 0 aromatic carbocycles. The van der Waals surface area contributed by atoms with Crippen molar-refractivity contribution < 1.29 is 9.84 Å². The van der Waals surface area contributed by atoms with Crippen molar-refractivity contribution in [1.29, 1.82) is 0 Å². The quantitative estimate of drug-likeness (QED) is 0.795. The van der Waals surface area contributed by atoms with Gasteiger partial charge < -0.3 is 9.84 Å². The van der Waals surface area contributed by atoms with E-state index in [2.05, 4.69) is 31.1 Å². The molecule has 5 heteroatoms. The molecule has 0 spiro atoms. The van der Waals surface area contributed by atoms with E-state index in [0.29, 0.717) is 13.0 Å². The van der Waals surface area contributed by atoms with Gasteiger partial charge in [-0.2, -0.15) is 0 Å². The summed E-state index contributed by atoms with van der Waals surface area (Å²) in [5.41, 5.74) is 0.715. The van der Waals surface area contributed by atoms with Crippen LogP contribution in [0.5, 0.6) is 0 Å². The average molecular weight is 213 g/mol. The highest BCUT2D eigenvalue weighted by molar-refractivity contribution is 4.96. The van der Waals surface area contributed by atoms with Crippen LogP contribution in [0.25, 0.3) is 0 Å². The number of rotatable bonds is 4. The van der Waals surface area contributed by atoms with Crippen molar-refractivity contribution in [1.82, 2.24) is 15.0 Å². The van der Waals surface area contributed by atoms with Crippen molar-refractivity contribution in [2.75, 3.05) is 13.7 Å². The number of nitrogens with zero attached hydrogens (tertiary/aromatic N) is 3. The summed E-state index contributed by atoms with van der Waals surface area (Å²) in [6.07, 6.45) is 1.82. The predicted molar refractivity (Wildman–Crippen MR) is 56.6 cm³/mol. The number of hydrogen-bond acceptors (Lipinski definition) is 4. The Bertz CT molecular complexity index is 304. The Morgan fingerprint density at radius 2 is 2.20 bits per heavy atom. The van der Waals surface area contributed by atoms with E-state index in [4.69, 9.17) is 4.74 Å². The molecule has 0 saturated carbocycles. The lowest BCUT2D eigenvalue weighted by molar-refractivity contribution is 0.0644. The van der Waals surface area contributed by atoms with Crippen molar-refractivity contribution in [3.05, 3.63) is 11.9 Å². The molecule has 1 atom stereocenters. The van der Waals surface area contributed by atoms with Crippen molar-refractivity contribution in [3.63, 3.8) is 0 Å². The normalized spacial score (nSPS) is 14.2. The lowest BCUT2D eigenvalue weighted by Gasteiger charge is -2.17. The lowest BCUT2D eigenvalue weighted by Crippen LogP contribution is -2.22. The van der Waals surface area contributed by atoms with Crippen LogP contribution in [0.4, 0.5) is 0 Å². The van der Waals surface area contributed by atoms with E-state index in [9.17, 15) is 5.11 Å². The molecule has 0 aliphatic heterocycles. The molecule has 1 rings (SSSR count). The maximum Gasteiger partial charge on any atom is 0.0854 e. The summed E-state index contributed by atoms with van der Waals surface area (Å²) in [5.74, 6) is 0. The highest BCUT2D eigenvalue weighted by Crippen LogP contribution is 2.12. The van der Waals surface area contributed by atoms with Crippen molar-refractivity contribution in [2.45, 2.75) is 38.8 Å². The minimum atomic E-state index is -0.514. The fraction of sp³-hybridized carbons (Fsp3) is 0.800. The predicted octanol–water partition coefficient (Wildman–Crippen LogP) is 0.583. The number of hydrogen-bond donors (Lipinski definition) is 1. The largest absolute Gasteiger partial charge is 0.390 e. The molecular formula is C10H19N3O2. The van der Waals surface area contributed by atoms with Gasteiger partial charge in [-0.05, 0) is 20.8 Å². The van der Waals surface area contributed by atoms with Crippen LogP contribution < -0.4 is 0 Å². The molecule has 1 heterocycles. The van der Waals surface area contributed by atoms with Crippen molar-refractivity contribution in [2.24, 2.45) is 0 Å². The summed E-state index contributed by atoms with van der Waals surface area (Å²) in [6.45, 7) is 6.48. The third kappa shape index (κ3) is 3.60. The van der Waals surface area contributed by atoms with Crippen LogP contribution in [-0.4, -0.2) is 39.9 Å². The van der Waals surface area contributed by atoms with Crippen LogP contribution in [0.2, 0.25) is 0 Å². The maximum absolute atomic E-state index is 9.51. The summed E-state index contributed by atoms with van der Waals surface area (Å²) in [5, 5.41) is 17.5. The number of methoxy groups -OCH3 is 1. The SMILES string of the molecule is COC[C@@H](O)Cc1cn(C(C)(C)C)nn1. The fourth-order valence-electron chi connectivity index (χ4n) is 1.21. The molecule has 1 aromatic heterocycles. The minimum absolute atomic E-state index is 0.0720. The monoisotopic (exact) mass is 213 g/mol. The first-order valence-corrected chi connectivity index (χ1v) is 5.02. The summed E-state index contributed by atoms with van der Waals surface area (Å²) < 4.78 is 6.64. The van der Waals surface area contributed by atoms with E-state index in [-0.39, 0.29) is 5.54 Å². The molecule has 0 saturated heterocycles. The molecule has 0 bridgehead atoms. The topological polar surface area (TPSA) is 60.2 Å². The van der Waals surface area contributed by atoms with Gasteiger partial charge in [-0.1, -0.05) is 5.21 Å². The van der Waals surface area contributed by atoms with Gasteiger partial charge in [-0.3, -0.25) is 0 Å². The molecule has 5 nitrogen and oxygen atoms in total. The third-order valence-corrected chi connectivity index (χ3v) is 2.03. The number of aromatic nitrogens is 3. The average Bonchev–Trinajstić information content (AvgIpc) is 2.52. The zero-order valence-corrected chi connectivity index (χ0v) is 9.77. The zero-order valence-electron chi connectivity index (χ0n) is 9.77. The van der Waals surface area contributed by atoms with Crippen LogP contribution >= 0.6 is 0 Å². The summed E-state index contributed by atoms with van der Waals surface area (Å²) in [6, 6.07) is 0. The summed E-state index contributed by atoms with van der Waals surface area (Å²) in [4.78, 5) is 0. The standard InChI is InChI=1S/C10H19N3O2/c1-10(2,3)13-6-8(11-12-13)5-9(14)7-15-4/h6,9,14H,5,7H2,1-4H3/t9-/m0/s1. The first-order valence-electron chi connectivity index (χ1n) is 5.02. The first-order chi connectivity index (χ1) is 6.93. The van der Waals surface area contributed by atoms with E-state index < -0.39 is 6.10 Å². The molecule has 1 aromatic rings. The fourth-order valence-corrected chi connectivity index (χ4v) is 1.21. The van der Waals surface area contributed by atoms with E-state index in [1.54, 1.807) is 11.8 Å². The molecule has 0 fully saturated rings. The number of aliphatic hydroxyl groups excluding tert-OH is 1. The molecule has 15 heavy (non-hydrogen) atoms. The second-order valence-electron chi connectivity index (χ2n) is 4.64.